The lowest BCUT2D eigenvalue weighted by molar-refractivity contribution is -0.112. The number of nitrogens with one attached hydrogen (secondary N) is 2. The second-order valence-corrected chi connectivity index (χ2v) is 8.70. The first-order valence-corrected chi connectivity index (χ1v) is 11.9. The van der Waals surface area contributed by atoms with Crippen LogP contribution in [0.2, 0.25) is 0 Å². The maximum atomic E-state index is 13.2. The van der Waals surface area contributed by atoms with Gasteiger partial charge in [0.15, 0.2) is 0 Å². The van der Waals surface area contributed by atoms with E-state index in [0.717, 1.165) is 24.8 Å². The summed E-state index contributed by atoms with van der Waals surface area (Å²) in [6.45, 7) is 6.26. The van der Waals surface area contributed by atoms with Crippen LogP contribution in [-0.2, 0) is 11.2 Å². The molecule has 0 fully saturated rings. The number of H-pyrrole nitrogens is 1. The van der Waals surface area contributed by atoms with Crippen LogP contribution in [-0.4, -0.2) is 40.0 Å². The largest absolute Gasteiger partial charge is 0.496 e. The number of rotatable bonds is 9. The van der Waals surface area contributed by atoms with Crippen molar-refractivity contribution in [1.82, 2.24) is 20.4 Å². The number of nitrogens with zero attached hydrogens (tertiary/aromatic N) is 3. The number of aromatic nitrogens is 4. The van der Waals surface area contributed by atoms with E-state index in [1.54, 1.807) is 25.3 Å². The van der Waals surface area contributed by atoms with Crippen LogP contribution in [0.3, 0.4) is 0 Å². The Morgan fingerprint density at radius 2 is 2.21 bits per heavy atom. The van der Waals surface area contributed by atoms with E-state index >= 15 is 0 Å². The predicted molar refractivity (Wildman–Crippen MR) is 133 cm³/mol. The topological polar surface area (TPSA) is 102 Å². The Morgan fingerprint density at radius 1 is 1.35 bits per heavy atom. The van der Waals surface area contributed by atoms with Gasteiger partial charge in [0, 0.05) is 22.7 Å². The van der Waals surface area contributed by atoms with Gasteiger partial charge in [0.05, 0.1) is 19.9 Å². The molecule has 0 saturated carbocycles. The van der Waals surface area contributed by atoms with Crippen LogP contribution < -0.4 is 14.8 Å². The smallest absolute Gasteiger partial charge is 0.295 e. The number of carbonyl (C=O) groups is 1. The van der Waals surface area contributed by atoms with E-state index in [1.807, 2.05) is 37.4 Å². The molecule has 3 aromatic rings. The van der Waals surface area contributed by atoms with E-state index in [-0.39, 0.29) is 11.8 Å². The van der Waals surface area contributed by atoms with Crippen molar-refractivity contribution in [3.05, 3.63) is 77.7 Å². The number of ether oxygens (including phenoxy) is 2. The Morgan fingerprint density at radius 3 is 3.00 bits per heavy atom. The summed E-state index contributed by atoms with van der Waals surface area (Å²) in [5, 5.41) is 19.0. The maximum Gasteiger partial charge on any atom is 0.295 e. The minimum Gasteiger partial charge on any atom is -0.496 e. The number of aromatic amines is 1. The minimum atomic E-state index is -0.322. The van der Waals surface area contributed by atoms with Crippen LogP contribution in [0.1, 0.15) is 42.5 Å². The van der Waals surface area contributed by atoms with Crippen molar-refractivity contribution >= 4 is 27.9 Å². The first-order chi connectivity index (χ1) is 16.6. The zero-order valence-corrected chi connectivity index (χ0v) is 20.0. The number of hydrogen-bond donors (Lipinski definition) is 2. The van der Waals surface area contributed by atoms with Gasteiger partial charge in [-0.15, -0.1) is 5.10 Å². The number of para-hydroxylation sites is 1. The average molecular weight is 478 g/mol. The number of hydrogen-bond acceptors (Lipinski definition) is 7. The Hall–Kier alpha value is -3.72. The first kappa shape index (κ1) is 23.4. The fourth-order valence-electron chi connectivity index (χ4n) is 4.07. The van der Waals surface area contributed by atoms with E-state index in [2.05, 4.69) is 32.3 Å². The monoisotopic (exact) mass is 477 g/mol. The van der Waals surface area contributed by atoms with Crippen molar-refractivity contribution in [2.24, 2.45) is 0 Å². The third kappa shape index (κ3) is 5.09. The molecule has 2 heterocycles. The van der Waals surface area contributed by atoms with Crippen molar-refractivity contribution in [2.75, 3.05) is 19.0 Å². The fraction of sp³-hybridized carbons (Fsp3) is 0.280. The number of carbonyl (C=O) groups excluding carboxylic acids is 1. The standard InChI is InChI=1S/C25H27N5O3S/c1-4-9-19(17(5-2)18-11-6-7-13-22(18)32-3)23(31)27-24-29-30-25(34-24)33-15-16-10-8-12-21-20(16)14-26-28-21/h4-7,9,11,13-14,16H,2,8,10,12,15H2,1,3H3,(H,26,28)(H,27,29,31)/b9-4-,19-17-. The van der Waals surface area contributed by atoms with Gasteiger partial charge in [-0.05, 0) is 54.7 Å². The van der Waals surface area contributed by atoms with Gasteiger partial charge in [-0.25, -0.2) is 0 Å². The number of anilines is 1. The molecule has 1 amide bonds. The summed E-state index contributed by atoms with van der Waals surface area (Å²) >= 11 is 1.19. The summed E-state index contributed by atoms with van der Waals surface area (Å²) in [4.78, 5) is 13.2. The average Bonchev–Trinajstić information content (AvgIpc) is 3.52. The molecule has 1 unspecified atom stereocenters. The van der Waals surface area contributed by atoms with Gasteiger partial charge in [0.25, 0.3) is 11.1 Å². The molecule has 0 spiro atoms. The van der Waals surface area contributed by atoms with Crippen molar-refractivity contribution in [1.29, 1.82) is 0 Å². The van der Waals surface area contributed by atoms with Gasteiger partial charge in [0.1, 0.15) is 5.75 Å². The number of methoxy groups -OCH3 is 1. The molecule has 2 N–H and O–H groups in total. The zero-order valence-electron chi connectivity index (χ0n) is 19.2. The number of aryl methyl sites for hydroxylation is 1. The van der Waals surface area contributed by atoms with Gasteiger partial charge in [-0.1, -0.05) is 48.1 Å². The predicted octanol–water partition coefficient (Wildman–Crippen LogP) is 4.92. The normalized spacial score (nSPS) is 16.0. The van der Waals surface area contributed by atoms with Crippen LogP contribution in [0.5, 0.6) is 10.9 Å². The SMILES string of the molecule is C=C/C(=C(\C=C/C)C(=O)Nc1nnc(OCC2CCCc3[nH]ncc32)s1)c1ccccc1OC. The van der Waals surface area contributed by atoms with Gasteiger partial charge in [-0.3, -0.25) is 15.2 Å². The quantitative estimate of drug-likeness (QED) is 0.335. The molecule has 1 atom stereocenters. The summed E-state index contributed by atoms with van der Waals surface area (Å²) < 4.78 is 11.4. The summed E-state index contributed by atoms with van der Waals surface area (Å²) in [6, 6.07) is 7.50. The zero-order chi connectivity index (χ0) is 23.9. The second kappa shape index (κ2) is 10.9. The Bertz CT molecular complexity index is 1230. The molecular weight excluding hydrogens is 450 g/mol. The highest BCUT2D eigenvalue weighted by atomic mass is 32.1. The molecule has 176 valence electrons. The van der Waals surface area contributed by atoms with Crippen LogP contribution in [0.15, 0.2) is 60.8 Å². The summed E-state index contributed by atoms with van der Waals surface area (Å²) in [6.07, 6.45) is 10.2. The highest BCUT2D eigenvalue weighted by Crippen LogP contribution is 2.33. The molecule has 8 nitrogen and oxygen atoms in total. The molecular formula is C25H27N5O3S. The van der Waals surface area contributed by atoms with Crippen LogP contribution >= 0.6 is 11.3 Å². The molecule has 1 aliphatic carbocycles. The van der Waals surface area contributed by atoms with E-state index in [1.165, 1.54) is 22.6 Å². The van der Waals surface area contributed by atoms with Gasteiger partial charge >= 0.3 is 0 Å². The van der Waals surface area contributed by atoms with Crippen LogP contribution in [0, 0.1) is 0 Å². The molecule has 1 aromatic carbocycles. The second-order valence-electron chi connectivity index (χ2n) is 7.76. The van der Waals surface area contributed by atoms with Crippen LogP contribution in [0.4, 0.5) is 5.13 Å². The van der Waals surface area contributed by atoms with E-state index in [9.17, 15) is 4.79 Å². The molecule has 34 heavy (non-hydrogen) atoms. The molecule has 4 rings (SSSR count). The van der Waals surface area contributed by atoms with Crippen molar-refractivity contribution in [3.63, 3.8) is 0 Å². The fourth-order valence-corrected chi connectivity index (χ4v) is 4.67. The van der Waals surface area contributed by atoms with Crippen molar-refractivity contribution in [2.45, 2.75) is 32.1 Å². The van der Waals surface area contributed by atoms with E-state index in [0.29, 0.717) is 33.8 Å². The van der Waals surface area contributed by atoms with Crippen molar-refractivity contribution in [3.8, 4) is 10.9 Å². The molecule has 2 aromatic heterocycles. The number of allylic oxidation sites excluding steroid dienone is 3. The number of benzene rings is 1. The Balaban J connectivity index is 1.48. The molecule has 9 heteroatoms. The summed E-state index contributed by atoms with van der Waals surface area (Å²) in [5.74, 6) is 0.601. The summed E-state index contributed by atoms with van der Waals surface area (Å²) in [5.41, 5.74) is 4.26. The minimum absolute atomic E-state index is 0.268. The van der Waals surface area contributed by atoms with Crippen molar-refractivity contribution < 1.29 is 14.3 Å². The molecule has 0 saturated heterocycles. The lowest BCUT2D eigenvalue weighted by atomic mass is 9.88. The lowest BCUT2D eigenvalue weighted by Gasteiger charge is -2.21. The summed E-state index contributed by atoms with van der Waals surface area (Å²) in [7, 11) is 1.60. The van der Waals surface area contributed by atoms with Gasteiger partial charge < -0.3 is 9.47 Å². The van der Waals surface area contributed by atoms with Gasteiger partial charge in [-0.2, -0.15) is 5.10 Å². The molecule has 0 bridgehead atoms. The Kier molecular flexibility index (Phi) is 7.54. The first-order valence-electron chi connectivity index (χ1n) is 11.1. The maximum absolute atomic E-state index is 13.2. The number of fused-ring (bicyclic) bond motifs is 1. The molecule has 1 aliphatic rings. The number of amides is 1. The Labute approximate surface area is 202 Å². The van der Waals surface area contributed by atoms with E-state index < -0.39 is 0 Å². The highest BCUT2D eigenvalue weighted by Gasteiger charge is 2.23. The highest BCUT2D eigenvalue weighted by molar-refractivity contribution is 7.17. The molecule has 0 aliphatic heterocycles. The van der Waals surface area contributed by atoms with E-state index in [4.69, 9.17) is 9.47 Å². The lowest BCUT2D eigenvalue weighted by Crippen LogP contribution is -2.15. The third-order valence-corrected chi connectivity index (χ3v) is 6.43. The van der Waals surface area contributed by atoms with Crippen LogP contribution in [0.25, 0.3) is 5.57 Å². The van der Waals surface area contributed by atoms with Gasteiger partial charge in [0.2, 0.25) is 5.13 Å². The molecule has 0 radical (unpaired) electrons. The third-order valence-electron chi connectivity index (χ3n) is 5.68.